The second-order valence-corrected chi connectivity index (χ2v) is 8.15. The molecule has 0 spiro atoms. The van der Waals surface area contributed by atoms with Gasteiger partial charge in [0.15, 0.2) is 5.16 Å². The van der Waals surface area contributed by atoms with Crippen molar-refractivity contribution in [3.8, 4) is 0 Å². The van der Waals surface area contributed by atoms with Crippen molar-refractivity contribution in [3.05, 3.63) is 40.2 Å². The lowest BCUT2D eigenvalue weighted by Crippen LogP contribution is -2.33. The Hall–Kier alpha value is -2.17. The van der Waals surface area contributed by atoms with Gasteiger partial charge in [-0.1, -0.05) is 0 Å². The smallest absolute Gasteiger partial charge is 0.284 e. The summed E-state index contributed by atoms with van der Waals surface area (Å²) >= 11 is 1.15. The number of halogens is 1. The van der Waals surface area contributed by atoms with Gasteiger partial charge in [-0.3, -0.25) is 14.9 Å². The SMILES string of the molecule is Cl.Cn1cnnc1Sc1ccc(C(=O)N2CC3CCC(N)C3C2)cc1[N+](=O)[O-]. The van der Waals surface area contributed by atoms with Crippen LogP contribution < -0.4 is 5.73 Å². The first-order valence-corrected chi connectivity index (χ1v) is 9.61. The fraction of sp³-hybridized carbons (Fsp3) is 0.471. The van der Waals surface area contributed by atoms with Gasteiger partial charge in [-0.2, -0.15) is 0 Å². The molecule has 1 amide bonds. The van der Waals surface area contributed by atoms with E-state index in [2.05, 4.69) is 10.2 Å². The summed E-state index contributed by atoms with van der Waals surface area (Å²) in [6, 6.07) is 4.75. The third kappa shape index (κ3) is 3.71. The number of carbonyl (C=O) groups is 1. The van der Waals surface area contributed by atoms with Gasteiger partial charge in [-0.15, -0.1) is 22.6 Å². The molecule has 0 radical (unpaired) electrons. The molecule has 2 heterocycles. The zero-order valence-electron chi connectivity index (χ0n) is 15.2. The van der Waals surface area contributed by atoms with Gasteiger partial charge in [-0.25, -0.2) is 0 Å². The Kier molecular flexibility index (Phi) is 5.92. The minimum atomic E-state index is -0.468. The van der Waals surface area contributed by atoms with Crippen molar-refractivity contribution in [3.63, 3.8) is 0 Å². The zero-order chi connectivity index (χ0) is 19.1. The van der Waals surface area contributed by atoms with Gasteiger partial charge in [0.1, 0.15) is 6.33 Å². The summed E-state index contributed by atoms with van der Waals surface area (Å²) in [6.07, 6.45) is 3.58. The third-order valence-electron chi connectivity index (χ3n) is 5.47. The lowest BCUT2D eigenvalue weighted by atomic mass is 9.98. The first-order chi connectivity index (χ1) is 12.9. The average molecular weight is 425 g/mol. The molecule has 0 bridgehead atoms. The Labute approximate surface area is 172 Å². The van der Waals surface area contributed by atoms with Gasteiger partial charge < -0.3 is 15.2 Å². The van der Waals surface area contributed by atoms with Crippen LogP contribution in [0.2, 0.25) is 0 Å². The highest BCUT2D eigenvalue weighted by molar-refractivity contribution is 7.99. The van der Waals surface area contributed by atoms with Crippen LogP contribution in [0.1, 0.15) is 23.2 Å². The molecule has 1 saturated heterocycles. The highest BCUT2D eigenvalue weighted by Crippen LogP contribution is 2.38. The quantitative estimate of drug-likeness (QED) is 0.589. The second kappa shape index (κ2) is 8.06. The van der Waals surface area contributed by atoms with Gasteiger partial charge in [0.2, 0.25) is 0 Å². The van der Waals surface area contributed by atoms with Crippen molar-refractivity contribution in [2.75, 3.05) is 13.1 Å². The van der Waals surface area contributed by atoms with E-state index in [4.69, 9.17) is 5.73 Å². The normalized spacial score (nSPS) is 23.4. The van der Waals surface area contributed by atoms with Crippen molar-refractivity contribution in [1.82, 2.24) is 19.7 Å². The number of nitrogens with two attached hydrogens (primary N) is 1. The van der Waals surface area contributed by atoms with Crippen molar-refractivity contribution < 1.29 is 9.72 Å². The topological polar surface area (TPSA) is 120 Å². The third-order valence-corrected chi connectivity index (χ3v) is 6.59. The molecule has 2 fully saturated rings. The van der Waals surface area contributed by atoms with E-state index >= 15 is 0 Å². The molecule has 1 aliphatic heterocycles. The number of benzene rings is 1. The van der Waals surface area contributed by atoms with Crippen LogP contribution in [-0.2, 0) is 7.05 Å². The molecule has 1 aliphatic carbocycles. The van der Waals surface area contributed by atoms with Crippen molar-refractivity contribution in [2.45, 2.75) is 28.9 Å². The zero-order valence-corrected chi connectivity index (χ0v) is 16.9. The largest absolute Gasteiger partial charge is 0.338 e. The van der Waals surface area contributed by atoms with E-state index in [9.17, 15) is 14.9 Å². The molecule has 2 aliphatic rings. The van der Waals surface area contributed by atoms with Gasteiger partial charge in [0.25, 0.3) is 11.6 Å². The van der Waals surface area contributed by atoms with Gasteiger partial charge in [-0.05, 0) is 48.6 Å². The number of fused-ring (bicyclic) bond motifs is 1. The van der Waals surface area contributed by atoms with E-state index in [0.29, 0.717) is 40.5 Å². The Bertz CT molecular complexity index is 907. The van der Waals surface area contributed by atoms with Crippen LogP contribution in [0.5, 0.6) is 0 Å². The number of hydrogen-bond acceptors (Lipinski definition) is 7. The van der Waals surface area contributed by atoms with Crippen molar-refractivity contribution in [1.29, 1.82) is 0 Å². The van der Waals surface area contributed by atoms with E-state index in [-0.39, 0.29) is 30.0 Å². The maximum Gasteiger partial charge on any atom is 0.284 e. The number of hydrogen-bond donors (Lipinski definition) is 1. The van der Waals surface area contributed by atoms with Crippen LogP contribution in [-0.4, -0.2) is 49.6 Å². The van der Waals surface area contributed by atoms with Crippen LogP contribution in [0.3, 0.4) is 0 Å². The molecule has 3 unspecified atom stereocenters. The van der Waals surface area contributed by atoms with E-state index < -0.39 is 4.92 Å². The molecule has 1 aromatic heterocycles. The molecule has 9 nitrogen and oxygen atoms in total. The molecule has 150 valence electrons. The number of aryl methyl sites for hydroxylation is 1. The molecule has 4 rings (SSSR count). The summed E-state index contributed by atoms with van der Waals surface area (Å²) in [5, 5.41) is 19.8. The van der Waals surface area contributed by atoms with Crippen molar-refractivity contribution in [2.24, 2.45) is 24.6 Å². The molecule has 1 aromatic carbocycles. The first kappa shape index (κ1) is 20.6. The number of rotatable bonds is 4. The maximum absolute atomic E-state index is 12.9. The second-order valence-electron chi connectivity index (χ2n) is 7.14. The minimum absolute atomic E-state index is 0. The minimum Gasteiger partial charge on any atom is -0.338 e. The van der Waals surface area contributed by atoms with Crippen LogP contribution in [0, 0.1) is 22.0 Å². The standard InChI is InChI=1S/C17H20N6O3S.ClH/c1-21-9-19-20-17(21)27-15-5-3-10(6-14(15)23(25)26)16(24)22-7-11-2-4-13(18)12(11)8-22;/h3,5-6,9,11-13H,2,4,7-8,18H2,1H3;1H. The Morgan fingerprint density at radius 1 is 1.36 bits per heavy atom. The van der Waals surface area contributed by atoms with E-state index in [1.807, 2.05) is 0 Å². The molecular formula is C17H21ClN6O3S. The summed E-state index contributed by atoms with van der Waals surface area (Å²) in [4.78, 5) is 26.1. The van der Waals surface area contributed by atoms with Gasteiger partial charge in [0, 0.05) is 37.8 Å². The van der Waals surface area contributed by atoms with E-state index in [1.54, 1.807) is 28.6 Å². The molecule has 2 N–H and O–H groups in total. The fourth-order valence-corrected chi connectivity index (χ4v) is 4.85. The average Bonchev–Trinajstić information content (AvgIpc) is 3.33. The number of nitrogens with zero attached hydrogens (tertiary/aromatic N) is 5. The lowest BCUT2D eigenvalue weighted by Gasteiger charge is -2.19. The number of nitro benzene ring substituents is 1. The summed E-state index contributed by atoms with van der Waals surface area (Å²) in [5.74, 6) is 0.620. The molecular weight excluding hydrogens is 404 g/mol. The highest BCUT2D eigenvalue weighted by atomic mass is 35.5. The van der Waals surface area contributed by atoms with Crippen LogP contribution in [0.15, 0.2) is 34.6 Å². The Morgan fingerprint density at radius 2 is 2.14 bits per heavy atom. The van der Waals surface area contributed by atoms with Crippen molar-refractivity contribution >= 4 is 35.8 Å². The van der Waals surface area contributed by atoms with E-state index in [0.717, 1.165) is 24.6 Å². The summed E-state index contributed by atoms with van der Waals surface area (Å²) < 4.78 is 1.68. The van der Waals surface area contributed by atoms with E-state index in [1.165, 1.54) is 12.4 Å². The number of likely N-dealkylation sites (tertiary alicyclic amines) is 1. The Morgan fingerprint density at radius 3 is 2.79 bits per heavy atom. The van der Waals surface area contributed by atoms with Gasteiger partial charge in [0.05, 0.1) is 9.82 Å². The number of carbonyl (C=O) groups excluding carboxylic acids is 1. The Balaban J connectivity index is 0.00000225. The fourth-order valence-electron chi connectivity index (χ4n) is 4.00. The van der Waals surface area contributed by atoms with Gasteiger partial charge >= 0.3 is 0 Å². The summed E-state index contributed by atoms with van der Waals surface area (Å²) in [5.41, 5.74) is 6.36. The van der Waals surface area contributed by atoms with Crippen LogP contribution >= 0.6 is 24.2 Å². The molecule has 28 heavy (non-hydrogen) atoms. The number of amides is 1. The lowest BCUT2D eigenvalue weighted by molar-refractivity contribution is -0.387. The summed E-state index contributed by atoms with van der Waals surface area (Å²) in [6.45, 7) is 1.31. The first-order valence-electron chi connectivity index (χ1n) is 8.79. The molecule has 3 atom stereocenters. The number of nitro groups is 1. The monoisotopic (exact) mass is 424 g/mol. The summed E-state index contributed by atoms with van der Waals surface area (Å²) in [7, 11) is 1.76. The van der Waals surface area contributed by atoms with Crippen LogP contribution in [0.25, 0.3) is 0 Å². The number of aromatic nitrogens is 3. The molecule has 2 aromatic rings. The predicted octanol–water partition coefficient (Wildman–Crippen LogP) is 2.11. The molecule has 11 heteroatoms. The maximum atomic E-state index is 12.9. The molecule has 1 saturated carbocycles. The highest BCUT2D eigenvalue weighted by Gasteiger charge is 2.42. The van der Waals surface area contributed by atoms with Crippen LogP contribution in [0.4, 0.5) is 5.69 Å². The predicted molar refractivity (Wildman–Crippen MR) is 106 cm³/mol.